The van der Waals surface area contributed by atoms with Crippen LogP contribution >= 0.6 is 0 Å². The fourth-order valence-electron chi connectivity index (χ4n) is 3.34. The van der Waals surface area contributed by atoms with Crippen LogP contribution in [-0.4, -0.2) is 48.9 Å². The predicted octanol–water partition coefficient (Wildman–Crippen LogP) is 1.14. The van der Waals surface area contributed by atoms with Gasteiger partial charge in [0.2, 0.25) is 11.8 Å². The Morgan fingerprint density at radius 2 is 1.86 bits per heavy atom. The lowest BCUT2D eigenvalue weighted by Gasteiger charge is -2.34. The van der Waals surface area contributed by atoms with Crippen LogP contribution in [-0.2, 0) is 9.59 Å². The number of nitrogens with one attached hydrogen (secondary N) is 2. The van der Waals surface area contributed by atoms with Gasteiger partial charge in [-0.15, -0.1) is 0 Å². The lowest BCUT2D eigenvalue weighted by Crippen LogP contribution is -2.49. The van der Waals surface area contributed by atoms with E-state index in [2.05, 4.69) is 24.5 Å². The van der Waals surface area contributed by atoms with Gasteiger partial charge in [-0.25, -0.2) is 0 Å². The minimum atomic E-state index is 0.134. The summed E-state index contributed by atoms with van der Waals surface area (Å²) in [5, 5.41) is 6.38. The molecule has 5 nitrogen and oxygen atoms in total. The van der Waals surface area contributed by atoms with Gasteiger partial charge < -0.3 is 15.5 Å². The summed E-state index contributed by atoms with van der Waals surface area (Å²) < 4.78 is 0. The highest BCUT2D eigenvalue weighted by Crippen LogP contribution is 2.18. The summed E-state index contributed by atoms with van der Waals surface area (Å²) in [5.74, 6) is 0.782. The van der Waals surface area contributed by atoms with Crippen LogP contribution in [0, 0.1) is 11.8 Å². The van der Waals surface area contributed by atoms with E-state index in [0.29, 0.717) is 5.91 Å². The Hall–Kier alpha value is -1.10. The van der Waals surface area contributed by atoms with E-state index in [4.69, 9.17) is 0 Å². The first-order valence-corrected chi connectivity index (χ1v) is 8.45. The summed E-state index contributed by atoms with van der Waals surface area (Å²) in [7, 11) is 0. The second-order valence-electron chi connectivity index (χ2n) is 6.31. The van der Waals surface area contributed by atoms with Crippen molar-refractivity contribution in [3.05, 3.63) is 0 Å². The van der Waals surface area contributed by atoms with Crippen LogP contribution in [0.5, 0.6) is 0 Å². The second-order valence-corrected chi connectivity index (χ2v) is 6.31. The molecular formula is C16H29N3O2. The Labute approximate surface area is 127 Å². The second kappa shape index (κ2) is 7.78. The molecule has 2 amide bonds. The molecule has 0 bridgehead atoms. The van der Waals surface area contributed by atoms with E-state index in [0.717, 1.165) is 58.3 Å². The van der Waals surface area contributed by atoms with Gasteiger partial charge in [0, 0.05) is 31.6 Å². The number of rotatable bonds is 5. The number of hydrogen-bond donors (Lipinski definition) is 2. The van der Waals surface area contributed by atoms with Gasteiger partial charge in [0.1, 0.15) is 0 Å². The molecular weight excluding hydrogens is 266 g/mol. The van der Waals surface area contributed by atoms with E-state index >= 15 is 0 Å². The van der Waals surface area contributed by atoms with Crippen LogP contribution in [0.2, 0.25) is 0 Å². The molecule has 2 aliphatic rings. The summed E-state index contributed by atoms with van der Waals surface area (Å²) in [6, 6.07) is 0.240. The van der Waals surface area contributed by atoms with Crippen LogP contribution < -0.4 is 10.6 Å². The number of amides is 2. The Kier molecular flexibility index (Phi) is 6.03. The molecule has 0 aromatic carbocycles. The van der Waals surface area contributed by atoms with Crippen molar-refractivity contribution in [2.45, 2.75) is 52.0 Å². The fraction of sp³-hybridized carbons (Fsp3) is 0.875. The van der Waals surface area contributed by atoms with Crippen molar-refractivity contribution in [1.82, 2.24) is 15.5 Å². The monoisotopic (exact) mass is 295 g/mol. The molecule has 0 saturated carbocycles. The molecule has 0 spiro atoms. The topological polar surface area (TPSA) is 61.4 Å². The van der Waals surface area contributed by atoms with Gasteiger partial charge in [0.05, 0.1) is 5.92 Å². The lowest BCUT2D eigenvalue weighted by molar-refractivity contribution is -0.137. The third-order valence-corrected chi connectivity index (χ3v) is 4.92. The van der Waals surface area contributed by atoms with Crippen LogP contribution in [0.3, 0.4) is 0 Å². The van der Waals surface area contributed by atoms with Gasteiger partial charge in [-0.05, 0) is 38.6 Å². The van der Waals surface area contributed by atoms with Crippen molar-refractivity contribution in [2.75, 3.05) is 26.2 Å². The van der Waals surface area contributed by atoms with Gasteiger partial charge >= 0.3 is 0 Å². The Bertz CT molecular complexity index is 355. The summed E-state index contributed by atoms with van der Waals surface area (Å²) in [5.41, 5.74) is 0. The van der Waals surface area contributed by atoms with E-state index in [1.54, 1.807) is 0 Å². The molecule has 120 valence electrons. The normalized spacial score (nSPS) is 23.6. The van der Waals surface area contributed by atoms with E-state index in [9.17, 15) is 9.59 Å². The van der Waals surface area contributed by atoms with Gasteiger partial charge in [0.25, 0.3) is 0 Å². The summed E-state index contributed by atoms with van der Waals surface area (Å²) in [6.45, 7) is 7.47. The van der Waals surface area contributed by atoms with Gasteiger partial charge in [0.15, 0.2) is 0 Å². The quantitative estimate of drug-likeness (QED) is 0.799. The van der Waals surface area contributed by atoms with E-state index < -0.39 is 0 Å². The highest BCUT2D eigenvalue weighted by Gasteiger charge is 2.29. The maximum atomic E-state index is 12.3. The highest BCUT2D eigenvalue weighted by molar-refractivity contribution is 5.80. The zero-order chi connectivity index (χ0) is 15.2. The molecule has 2 saturated heterocycles. The summed E-state index contributed by atoms with van der Waals surface area (Å²) in [6.07, 6.45) is 4.55. The number of likely N-dealkylation sites (tertiary alicyclic amines) is 1. The fourth-order valence-corrected chi connectivity index (χ4v) is 3.34. The first-order valence-electron chi connectivity index (χ1n) is 8.45. The number of piperidine rings is 1. The molecule has 0 aromatic heterocycles. The molecule has 2 heterocycles. The van der Waals surface area contributed by atoms with Crippen molar-refractivity contribution in [3.8, 4) is 0 Å². The Balaban J connectivity index is 1.75. The van der Waals surface area contributed by atoms with E-state index in [-0.39, 0.29) is 23.8 Å². The number of hydrogen-bond acceptors (Lipinski definition) is 3. The van der Waals surface area contributed by atoms with Gasteiger partial charge in [-0.1, -0.05) is 13.8 Å². The van der Waals surface area contributed by atoms with Gasteiger partial charge in [-0.2, -0.15) is 0 Å². The third-order valence-electron chi connectivity index (χ3n) is 4.92. The van der Waals surface area contributed by atoms with Crippen molar-refractivity contribution in [3.63, 3.8) is 0 Å². The maximum Gasteiger partial charge on any atom is 0.225 e. The van der Waals surface area contributed by atoms with Crippen LogP contribution in [0.25, 0.3) is 0 Å². The van der Waals surface area contributed by atoms with Gasteiger partial charge in [-0.3, -0.25) is 9.59 Å². The first kappa shape index (κ1) is 16.3. The van der Waals surface area contributed by atoms with Crippen molar-refractivity contribution in [1.29, 1.82) is 0 Å². The van der Waals surface area contributed by atoms with Crippen LogP contribution in [0.4, 0.5) is 0 Å². The molecule has 2 rings (SSSR count). The zero-order valence-corrected chi connectivity index (χ0v) is 13.4. The molecule has 21 heavy (non-hydrogen) atoms. The molecule has 5 heteroatoms. The molecule has 0 aromatic rings. The molecule has 0 radical (unpaired) electrons. The number of nitrogens with zero attached hydrogens (tertiary/aromatic N) is 1. The largest absolute Gasteiger partial charge is 0.353 e. The highest BCUT2D eigenvalue weighted by atomic mass is 16.2. The number of carbonyl (C=O) groups excluding carboxylic acids is 2. The minimum absolute atomic E-state index is 0.134. The molecule has 2 aliphatic heterocycles. The predicted molar refractivity (Wildman–Crippen MR) is 82.8 cm³/mol. The zero-order valence-electron chi connectivity index (χ0n) is 13.4. The Morgan fingerprint density at radius 3 is 2.38 bits per heavy atom. The van der Waals surface area contributed by atoms with Crippen LogP contribution in [0.15, 0.2) is 0 Å². The molecule has 1 atom stereocenters. The molecule has 0 aliphatic carbocycles. The molecule has 2 N–H and O–H groups in total. The smallest absolute Gasteiger partial charge is 0.225 e. The average molecular weight is 295 g/mol. The lowest BCUT2D eigenvalue weighted by atomic mass is 9.98. The van der Waals surface area contributed by atoms with Crippen molar-refractivity contribution < 1.29 is 9.59 Å². The Morgan fingerprint density at radius 1 is 1.19 bits per heavy atom. The summed E-state index contributed by atoms with van der Waals surface area (Å²) >= 11 is 0. The molecule has 1 unspecified atom stereocenters. The van der Waals surface area contributed by atoms with E-state index in [1.165, 1.54) is 0 Å². The standard InChI is InChI=1S/C16H29N3O2/c1-3-12(4-2)16(21)19-9-6-14(7-10-19)18-15(20)13-5-8-17-11-13/h12-14,17H,3-11H2,1-2H3,(H,18,20). The third kappa shape index (κ3) is 4.19. The van der Waals surface area contributed by atoms with Crippen molar-refractivity contribution in [2.24, 2.45) is 11.8 Å². The average Bonchev–Trinajstić information content (AvgIpc) is 3.03. The van der Waals surface area contributed by atoms with E-state index in [1.807, 2.05) is 4.90 Å². The number of carbonyl (C=O) groups is 2. The van der Waals surface area contributed by atoms with Crippen LogP contribution in [0.1, 0.15) is 46.0 Å². The SMILES string of the molecule is CCC(CC)C(=O)N1CCC(NC(=O)C2CCNC2)CC1. The van der Waals surface area contributed by atoms with Crippen molar-refractivity contribution >= 4 is 11.8 Å². The first-order chi connectivity index (χ1) is 10.2. The molecule has 2 fully saturated rings. The maximum absolute atomic E-state index is 12.3. The minimum Gasteiger partial charge on any atom is -0.353 e. The summed E-state index contributed by atoms with van der Waals surface area (Å²) in [4.78, 5) is 26.4.